The summed E-state index contributed by atoms with van der Waals surface area (Å²) in [5.41, 5.74) is 6.09. The molecule has 0 unspecified atom stereocenters. The summed E-state index contributed by atoms with van der Waals surface area (Å²) in [7, 11) is 0. The van der Waals surface area contributed by atoms with Crippen molar-refractivity contribution >= 4 is 5.91 Å². The largest absolute Gasteiger partial charge is 0.393 e. The molecule has 0 aromatic rings. The van der Waals surface area contributed by atoms with E-state index < -0.39 is 18.1 Å². The number of allylic oxidation sites excluding steroid dienone is 6. The molecule has 5 nitrogen and oxygen atoms in total. The molecular weight excluding hydrogens is 402 g/mol. The molecule has 3 fully saturated rings. The van der Waals surface area contributed by atoms with Crippen molar-refractivity contribution in [2.75, 3.05) is 0 Å². The molecule has 3 aliphatic carbocycles. The number of aliphatic hydroxyl groups excluding tert-OH is 2. The minimum absolute atomic E-state index is 0.244. The number of nitrogens with one attached hydrogen (secondary N) is 1. The maximum absolute atomic E-state index is 11.2. The molecule has 0 bridgehead atoms. The second-order valence-corrected chi connectivity index (χ2v) is 10.2. The van der Waals surface area contributed by atoms with Gasteiger partial charge in [-0.2, -0.15) is 0 Å². The predicted molar refractivity (Wildman–Crippen MR) is 127 cm³/mol. The van der Waals surface area contributed by atoms with Crippen molar-refractivity contribution in [3.63, 3.8) is 0 Å². The third-order valence-electron chi connectivity index (χ3n) is 8.07. The van der Waals surface area contributed by atoms with E-state index in [0.29, 0.717) is 30.6 Å². The monoisotopic (exact) mass is 441 g/mol. The lowest BCUT2D eigenvalue weighted by Crippen LogP contribution is -2.35. The lowest BCUT2D eigenvalue weighted by molar-refractivity contribution is -0.124. The Balaban J connectivity index is 1.77. The first-order valence-electron chi connectivity index (χ1n) is 11.9. The number of aliphatic hydroxyl groups is 2. The molecule has 0 aliphatic heterocycles. The van der Waals surface area contributed by atoms with Crippen LogP contribution in [0.15, 0.2) is 59.3 Å². The third-order valence-corrected chi connectivity index (χ3v) is 8.07. The Labute approximate surface area is 192 Å². The van der Waals surface area contributed by atoms with Gasteiger partial charge in [-0.3, -0.25) is 10.0 Å². The highest BCUT2D eigenvalue weighted by molar-refractivity contribution is 5.86. The number of fused-ring (bicyclic) bond motifs is 1. The van der Waals surface area contributed by atoms with E-state index in [-0.39, 0.29) is 5.41 Å². The van der Waals surface area contributed by atoms with Crippen molar-refractivity contribution in [1.82, 2.24) is 5.48 Å². The van der Waals surface area contributed by atoms with E-state index >= 15 is 0 Å². The summed E-state index contributed by atoms with van der Waals surface area (Å²) in [6.07, 6.45) is 15.3. The number of amides is 1. The average molecular weight is 442 g/mol. The van der Waals surface area contributed by atoms with E-state index in [1.165, 1.54) is 37.3 Å². The van der Waals surface area contributed by atoms with Gasteiger partial charge in [0.15, 0.2) is 0 Å². The molecule has 3 rings (SSSR count). The van der Waals surface area contributed by atoms with Gasteiger partial charge in [0.05, 0.1) is 12.2 Å². The van der Waals surface area contributed by atoms with E-state index in [1.54, 1.807) is 11.6 Å². The number of carbonyl (C=O) groups is 1. The summed E-state index contributed by atoms with van der Waals surface area (Å²) >= 11 is 0. The van der Waals surface area contributed by atoms with Gasteiger partial charge in [0.1, 0.15) is 0 Å². The Morgan fingerprint density at radius 1 is 1.25 bits per heavy atom. The normalized spacial score (nSPS) is 37.2. The van der Waals surface area contributed by atoms with Crippen LogP contribution in [0.4, 0.5) is 0 Å². The minimum Gasteiger partial charge on any atom is -0.393 e. The maximum Gasteiger partial charge on any atom is 0.267 e. The van der Waals surface area contributed by atoms with Gasteiger partial charge in [0.2, 0.25) is 0 Å². The third kappa shape index (κ3) is 5.33. The van der Waals surface area contributed by atoms with Crippen LogP contribution in [0.1, 0.15) is 65.7 Å². The smallest absolute Gasteiger partial charge is 0.267 e. The van der Waals surface area contributed by atoms with Crippen LogP contribution in [-0.2, 0) is 4.79 Å². The van der Waals surface area contributed by atoms with Crippen LogP contribution in [0.3, 0.4) is 0 Å². The quantitative estimate of drug-likeness (QED) is 0.214. The standard InChI is InChI=1S/C27H39NO4/c1-17(7-12-26(31)28-32)14-18(2)23-10-11-24-20(6-5-13-27(23,24)4)8-9-21-15-22(29)16-25(30)19(21)3/h7-9,12,14,18,22-25,29-30,32H,3,5-6,10-11,13,15-16H2,1-2,4H3,(H,28,31)/b12-7+,17-14+,20-8+,21-9-/t18-,22-,23-,24+,25-,27+/m0/s1. The molecule has 0 saturated heterocycles. The first-order valence-corrected chi connectivity index (χ1v) is 11.9. The number of hydroxylamine groups is 1. The molecule has 5 heteroatoms. The molecule has 0 spiro atoms. The number of rotatable bonds is 5. The van der Waals surface area contributed by atoms with E-state index in [2.05, 4.69) is 38.7 Å². The van der Waals surface area contributed by atoms with Gasteiger partial charge in [-0.25, -0.2) is 5.48 Å². The second-order valence-electron chi connectivity index (χ2n) is 10.2. The summed E-state index contributed by atoms with van der Waals surface area (Å²) in [5.74, 6) is 1.01. The fourth-order valence-corrected chi connectivity index (χ4v) is 6.44. The van der Waals surface area contributed by atoms with Gasteiger partial charge < -0.3 is 10.2 Å². The zero-order valence-electron chi connectivity index (χ0n) is 19.7. The Morgan fingerprint density at radius 3 is 2.72 bits per heavy atom. The highest BCUT2D eigenvalue weighted by Crippen LogP contribution is 2.59. The molecule has 0 aromatic heterocycles. The van der Waals surface area contributed by atoms with Gasteiger partial charge in [0, 0.05) is 12.5 Å². The zero-order valence-corrected chi connectivity index (χ0v) is 19.7. The van der Waals surface area contributed by atoms with Crippen LogP contribution in [-0.4, -0.2) is 33.5 Å². The second kappa shape index (κ2) is 10.3. The molecule has 1 amide bonds. The fraction of sp³-hybridized carbons (Fsp3) is 0.593. The lowest BCUT2D eigenvalue weighted by atomic mass is 9.61. The Kier molecular flexibility index (Phi) is 7.97. The van der Waals surface area contributed by atoms with Crippen molar-refractivity contribution in [3.05, 3.63) is 59.3 Å². The molecule has 32 heavy (non-hydrogen) atoms. The van der Waals surface area contributed by atoms with Crippen molar-refractivity contribution in [2.45, 2.75) is 77.9 Å². The highest BCUT2D eigenvalue weighted by Gasteiger charge is 2.50. The van der Waals surface area contributed by atoms with Crippen molar-refractivity contribution in [3.8, 4) is 0 Å². The predicted octanol–water partition coefficient (Wildman–Crippen LogP) is 4.77. The van der Waals surface area contributed by atoms with Crippen LogP contribution < -0.4 is 5.48 Å². The van der Waals surface area contributed by atoms with Crippen LogP contribution in [0, 0.1) is 23.2 Å². The summed E-state index contributed by atoms with van der Waals surface area (Å²) < 4.78 is 0. The number of hydrogen-bond donors (Lipinski definition) is 4. The van der Waals surface area contributed by atoms with Gasteiger partial charge in [-0.05, 0) is 79.8 Å². The summed E-state index contributed by atoms with van der Waals surface area (Å²) in [6, 6.07) is 0. The minimum atomic E-state index is -0.649. The molecular formula is C27H39NO4. The first-order chi connectivity index (χ1) is 15.2. The zero-order chi connectivity index (χ0) is 23.5. The van der Waals surface area contributed by atoms with Gasteiger partial charge >= 0.3 is 0 Å². The van der Waals surface area contributed by atoms with Crippen LogP contribution in [0.5, 0.6) is 0 Å². The number of carbonyl (C=O) groups excluding carboxylic acids is 1. The van der Waals surface area contributed by atoms with Gasteiger partial charge in [-0.15, -0.1) is 0 Å². The van der Waals surface area contributed by atoms with E-state index in [4.69, 9.17) is 5.21 Å². The maximum atomic E-state index is 11.2. The summed E-state index contributed by atoms with van der Waals surface area (Å²) in [5, 5.41) is 28.8. The lowest BCUT2D eigenvalue weighted by Gasteiger charge is -2.44. The first kappa shape index (κ1) is 24.7. The van der Waals surface area contributed by atoms with E-state index in [9.17, 15) is 15.0 Å². The molecule has 0 radical (unpaired) electrons. The summed E-state index contributed by atoms with van der Waals surface area (Å²) in [4.78, 5) is 11.2. The molecule has 176 valence electrons. The van der Waals surface area contributed by atoms with Crippen molar-refractivity contribution in [2.24, 2.45) is 23.2 Å². The van der Waals surface area contributed by atoms with Gasteiger partial charge in [0.25, 0.3) is 5.91 Å². The molecule has 0 aromatic carbocycles. The van der Waals surface area contributed by atoms with E-state index in [0.717, 1.165) is 23.1 Å². The average Bonchev–Trinajstić information content (AvgIpc) is 3.11. The topological polar surface area (TPSA) is 89.8 Å². The highest BCUT2D eigenvalue weighted by atomic mass is 16.5. The molecule has 3 aliphatic rings. The Hall–Kier alpha value is -1.95. The fourth-order valence-electron chi connectivity index (χ4n) is 6.44. The number of hydrogen-bond acceptors (Lipinski definition) is 4. The Bertz CT molecular complexity index is 852. The summed E-state index contributed by atoms with van der Waals surface area (Å²) in [6.45, 7) is 10.7. The Morgan fingerprint density at radius 2 is 2.00 bits per heavy atom. The molecule has 3 saturated carbocycles. The van der Waals surface area contributed by atoms with Crippen molar-refractivity contribution < 1.29 is 20.2 Å². The van der Waals surface area contributed by atoms with Crippen LogP contribution in [0.2, 0.25) is 0 Å². The molecule has 6 atom stereocenters. The van der Waals surface area contributed by atoms with Crippen molar-refractivity contribution in [1.29, 1.82) is 0 Å². The molecule has 0 heterocycles. The van der Waals surface area contributed by atoms with Crippen LogP contribution in [0.25, 0.3) is 0 Å². The van der Waals surface area contributed by atoms with Crippen LogP contribution >= 0.6 is 0 Å². The SMILES string of the molecule is C=C1/C(=C\C=C2/CCC[C@@]3(C)[C@@H]2CC[C@H]3[C@@H](C)/C=C(C)/C=C/C(=O)NO)C[C@H](O)C[C@@H]1O. The van der Waals surface area contributed by atoms with Gasteiger partial charge in [-0.1, -0.05) is 55.9 Å². The molecule has 4 N–H and O–H groups in total. The van der Waals surface area contributed by atoms with E-state index in [1.807, 2.05) is 6.92 Å².